The molecular formula is C15H21NS. The molecule has 0 amide bonds. The third kappa shape index (κ3) is 2.02. The molecule has 92 valence electrons. The van der Waals surface area contributed by atoms with E-state index >= 15 is 0 Å². The van der Waals surface area contributed by atoms with Crippen LogP contribution < -0.4 is 5.32 Å². The van der Waals surface area contributed by atoms with Crippen LogP contribution in [0.4, 0.5) is 0 Å². The van der Waals surface area contributed by atoms with Crippen molar-refractivity contribution in [3.63, 3.8) is 0 Å². The SMILES string of the molecule is CCC1CSC2(CCCCc3ccccc32)N1. The number of fused-ring (bicyclic) bond motifs is 2. The Hall–Kier alpha value is -0.470. The van der Waals surface area contributed by atoms with Crippen molar-refractivity contribution in [2.24, 2.45) is 0 Å². The van der Waals surface area contributed by atoms with Crippen LogP contribution in [-0.4, -0.2) is 11.8 Å². The van der Waals surface area contributed by atoms with Crippen molar-refractivity contribution < 1.29 is 0 Å². The molecular weight excluding hydrogens is 226 g/mol. The van der Waals surface area contributed by atoms with Gasteiger partial charge in [0.25, 0.3) is 0 Å². The fourth-order valence-corrected chi connectivity index (χ4v) is 4.83. The molecule has 0 saturated carbocycles. The van der Waals surface area contributed by atoms with Crippen LogP contribution in [0.2, 0.25) is 0 Å². The van der Waals surface area contributed by atoms with Crippen molar-refractivity contribution in [3.05, 3.63) is 35.4 Å². The van der Waals surface area contributed by atoms with E-state index in [0.717, 1.165) is 0 Å². The Morgan fingerprint density at radius 1 is 1.35 bits per heavy atom. The van der Waals surface area contributed by atoms with Crippen LogP contribution in [0.15, 0.2) is 24.3 Å². The van der Waals surface area contributed by atoms with E-state index in [-0.39, 0.29) is 4.87 Å². The van der Waals surface area contributed by atoms with E-state index < -0.39 is 0 Å². The van der Waals surface area contributed by atoms with Crippen molar-refractivity contribution in [2.75, 3.05) is 5.75 Å². The lowest BCUT2D eigenvalue weighted by Gasteiger charge is -2.30. The van der Waals surface area contributed by atoms with Gasteiger partial charge in [0.15, 0.2) is 0 Å². The largest absolute Gasteiger partial charge is 0.295 e. The van der Waals surface area contributed by atoms with Crippen molar-refractivity contribution in [1.82, 2.24) is 5.32 Å². The van der Waals surface area contributed by atoms with Gasteiger partial charge < -0.3 is 0 Å². The van der Waals surface area contributed by atoms with E-state index in [9.17, 15) is 0 Å². The molecule has 2 atom stereocenters. The molecule has 1 aliphatic carbocycles. The van der Waals surface area contributed by atoms with E-state index in [2.05, 4.69) is 48.3 Å². The highest BCUT2D eigenvalue weighted by atomic mass is 32.2. The number of hydrogen-bond donors (Lipinski definition) is 1. The second-order valence-electron chi connectivity index (χ2n) is 5.25. The summed E-state index contributed by atoms with van der Waals surface area (Å²) < 4.78 is 0. The second-order valence-corrected chi connectivity index (χ2v) is 6.57. The molecule has 2 heteroatoms. The molecule has 1 N–H and O–H groups in total. The predicted octanol–water partition coefficient (Wildman–Crippen LogP) is 3.68. The van der Waals surface area contributed by atoms with E-state index in [0.29, 0.717) is 6.04 Å². The van der Waals surface area contributed by atoms with Gasteiger partial charge in [-0.3, -0.25) is 5.32 Å². The van der Waals surface area contributed by atoms with Crippen LogP contribution in [0.1, 0.15) is 43.7 Å². The third-order valence-electron chi connectivity index (χ3n) is 4.14. The molecule has 1 saturated heterocycles. The standard InChI is InChI=1S/C15H21NS/c1-2-13-11-17-15(16-13)10-6-5-8-12-7-3-4-9-14(12)15/h3-4,7,9,13,16H,2,5-6,8,10-11H2,1H3. The summed E-state index contributed by atoms with van der Waals surface area (Å²) in [4.78, 5) is 0.230. The lowest BCUT2D eigenvalue weighted by molar-refractivity contribution is 0.413. The molecule has 2 aliphatic rings. The molecule has 1 aromatic carbocycles. The lowest BCUT2D eigenvalue weighted by Crippen LogP contribution is -2.39. The molecule has 17 heavy (non-hydrogen) atoms. The minimum absolute atomic E-state index is 0.230. The van der Waals surface area contributed by atoms with E-state index in [1.165, 1.54) is 37.9 Å². The number of benzene rings is 1. The van der Waals surface area contributed by atoms with Gasteiger partial charge in [-0.15, -0.1) is 11.8 Å². The minimum atomic E-state index is 0.230. The van der Waals surface area contributed by atoms with Gasteiger partial charge in [-0.05, 0) is 36.8 Å². The maximum Gasteiger partial charge on any atom is 0.0906 e. The molecule has 0 radical (unpaired) electrons. The summed E-state index contributed by atoms with van der Waals surface area (Å²) in [6, 6.07) is 9.76. The number of nitrogens with one attached hydrogen (secondary N) is 1. The summed E-state index contributed by atoms with van der Waals surface area (Å²) >= 11 is 2.14. The molecule has 3 rings (SSSR count). The maximum absolute atomic E-state index is 3.92. The molecule has 1 spiro atoms. The lowest BCUT2D eigenvalue weighted by atomic mass is 9.97. The summed E-state index contributed by atoms with van der Waals surface area (Å²) in [5, 5.41) is 3.92. The highest BCUT2D eigenvalue weighted by Gasteiger charge is 2.41. The molecule has 1 aliphatic heterocycles. The first-order valence-electron chi connectivity index (χ1n) is 6.84. The quantitative estimate of drug-likeness (QED) is 0.812. The van der Waals surface area contributed by atoms with Gasteiger partial charge in [-0.1, -0.05) is 37.6 Å². The average molecular weight is 247 g/mol. The first kappa shape index (κ1) is 11.6. The number of thioether (sulfide) groups is 1. The van der Waals surface area contributed by atoms with E-state index in [4.69, 9.17) is 0 Å². The highest BCUT2D eigenvalue weighted by Crippen LogP contribution is 2.47. The Bertz CT molecular complexity index is 404. The van der Waals surface area contributed by atoms with Gasteiger partial charge in [0, 0.05) is 11.8 Å². The van der Waals surface area contributed by atoms with Gasteiger partial charge in [-0.2, -0.15) is 0 Å². The summed E-state index contributed by atoms with van der Waals surface area (Å²) in [6.07, 6.45) is 6.50. The van der Waals surface area contributed by atoms with E-state index in [1.54, 1.807) is 11.1 Å². The topological polar surface area (TPSA) is 12.0 Å². The Labute approximate surface area is 108 Å². The van der Waals surface area contributed by atoms with Crippen molar-refractivity contribution in [1.29, 1.82) is 0 Å². The Morgan fingerprint density at radius 2 is 2.24 bits per heavy atom. The van der Waals surface area contributed by atoms with Gasteiger partial charge >= 0.3 is 0 Å². The zero-order valence-electron chi connectivity index (χ0n) is 10.5. The Balaban J connectivity index is 2.00. The molecule has 2 unspecified atom stereocenters. The van der Waals surface area contributed by atoms with Gasteiger partial charge in [0.2, 0.25) is 0 Å². The molecule has 1 fully saturated rings. The molecule has 0 aromatic heterocycles. The van der Waals surface area contributed by atoms with Crippen LogP contribution >= 0.6 is 11.8 Å². The Morgan fingerprint density at radius 3 is 3.06 bits per heavy atom. The fourth-order valence-electron chi connectivity index (χ4n) is 3.13. The van der Waals surface area contributed by atoms with Crippen molar-refractivity contribution in [3.8, 4) is 0 Å². The molecule has 0 bridgehead atoms. The van der Waals surface area contributed by atoms with E-state index in [1.807, 2.05) is 0 Å². The zero-order chi connectivity index (χ0) is 11.7. The van der Waals surface area contributed by atoms with Crippen LogP contribution in [0.25, 0.3) is 0 Å². The van der Waals surface area contributed by atoms with Gasteiger partial charge in [-0.25, -0.2) is 0 Å². The smallest absolute Gasteiger partial charge is 0.0906 e. The number of aryl methyl sites for hydroxylation is 1. The second kappa shape index (κ2) is 4.66. The van der Waals surface area contributed by atoms with Gasteiger partial charge in [0.05, 0.1) is 4.87 Å². The summed E-state index contributed by atoms with van der Waals surface area (Å²) in [5.74, 6) is 1.27. The zero-order valence-corrected chi connectivity index (χ0v) is 11.4. The normalized spacial score (nSPS) is 32.4. The average Bonchev–Trinajstić information content (AvgIpc) is 2.71. The molecule has 1 heterocycles. The van der Waals surface area contributed by atoms with Crippen molar-refractivity contribution in [2.45, 2.75) is 49.9 Å². The third-order valence-corrected chi connectivity index (χ3v) is 5.74. The summed E-state index contributed by atoms with van der Waals surface area (Å²) in [5.41, 5.74) is 3.14. The van der Waals surface area contributed by atoms with Crippen LogP contribution in [-0.2, 0) is 11.3 Å². The number of rotatable bonds is 1. The fraction of sp³-hybridized carbons (Fsp3) is 0.600. The Kier molecular flexibility index (Phi) is 3.18. The first-order chi connectivity index (χ1) is 8.34. The van der Waals surface area contributed by atoms with Crippen molar-refractivity contribution >= 4 is 11.8 Å². The van der Waals surface area contributed by atoms with Crippen LogP contribution in [0, 0.1) is 0 Å². The predicted molar refractivity (Wildman–Crippen MR) is 75.3 cm³/mol. The number of hydrogen-bond acceptors (Lipinski definition) is 2. The molecule has 1 nitrogen and oxygen atoms in total. The highest BCUT2D eigenvalue weighted by molar-refractivity contribution is 8.00. The van der Waals surface area contributed by atoms with Crippen LogP contribution in [0.5, 0.6) is 0 Å². The summed E-state index contributed by atoms with van der Waals surface area (Å²) in [6.45, 7) is 2.29. The van der Waals surface area contributed by atoms with Crippen LogP contribution in [0.3, 0.4) is 0 Å². The first-order valence-corrected chi connectivity index (χ1v) is 7.83. The maximum atomic E-state index is 3.92. The molecule has 1 aromatic rings. The minimum Gasteiger partial charge on any atom is -0.295 e. The van der Waals surface area contributed by atoms with Gasteiger partial charge in [0.1, 0.15) is 0 Å². The summed E-state index contributed by atoms with van der Waals surface area (Å²) in [7, 11) is 0. The monoisotopic (exact) mass is 247 g/mol.